The Bertz CT molecular complexity index is 729. The topological polar surface area (TPSA) is 62.6 Å². The van der Waals surface area contributed by atoms with Crippen molar-refractivity contribution in [2.45, 2.75) is 26.7 Å². The van der Waals surface area contributed by atoms with Gasteiger partial charge in [0.2, 0.25) is 5.91 Å². The van der Waals surface area contributed by atoms with Crippen LogP contribution >= 0.6 is 0 Å². The molecule has 24 heavy (non-hydrogen) atoms. The fraction of sp³-hybridized carbons (Fsp3) is 0.368. The highest BCUT2D eigenvalue weighted by molar-refractivity contribution is 5.95. The molecule has 1 aromatic carbocycles. The number of likely N-dealkylation sites (tertiary alicyclic amines) is 1. The van der Waals surface area contributed by atoms with Crippen LogP contribution in [0.15, 0.2) is 41.2 Å². The van der Waals surface area contributed by atoms with E-state index in [1.165, 1.54) is 18.1 Å². The molecule has 0 bridgehead atoms. The minimum absolute atomic E-state index is 0.0308. The van der Waals surface area contributed by atoms with Crippen LogP contribution in [0.2, 0.25) is 0 Å². The van der Waals surface area contributed by atoms with Crippen molar-refractivity contribution >= 4 is 17.5 Å². The first-order valence-electron chi connectivity index (χ1n) is 8.24. The summed E-state index contributed by atoms with van der Waals surface area (Å²) in [5.74, 6) is -0.0505. The predicted molar refractivity (Wildman–Crippen MR) is 91.9 cm³/mol. The molecule has 1 saturated heterocycles. The molecular weight excluding hydrogens is 304 g/mol. The third kappa shape index (κ3) is 3.50. The molecule has 0 atom stereocenters. The van der Waals surface area contributed by atoms with E-state index in [9.17, 15) is 9.59 Å². The molecule has 1 fully saturated rings. The minimum Gasteiger partial charge on any atom is -0.472 e. The number of hydrogen-bond acceptors (Lipinski definition) is 3. The third-order valence-electron chi connectivity index (χ3n) is 4.70. The van der Waals surface area contributed by atoms with Gasteiger partial charge in [-0.15, -0.1) is 0 Å². The quantitative estimate of drug-likeness (QED) is 0.940. The van der Waals surface area contributed by atoms with Crippen molar-refractivity contribution in [3.8, 4) is 0 Å². The zero-order valence-electron chi connectivity index (χ0n) is 14.0. The van der Waals surface area contributed by atoms with E-state index in [2.05, 4.69) is 5.32 Å². The zero-order valence-corrected chi connectivity index (χ0v) is 14.0. The maximum absolute atomic E-state index is 12.4. The van der Waals surface area contributed by atoms with Gasteiger partial charge in [-0.3, -0.25) is 9.59 Å². The van der Waals surface area contributed by atoms with E-state index >= 15 is 0 Å². The molecule has 1 aliphatic heterocycles. The Kier molecular flexibility index (Phi) is 4.69. The Hall–Kier alpha value is -2.56. The Morgan fingerprint density at radius 1 is 1.12 bits per heavy atom. The number of aryl methyl sites for hydroxylation is 2. The van der Waals surface area contributed by atoms with Gasteiger partial charge in [-0.1, -0.05) is 6.07 Å². The average molecular weight is 326 g/mol. The molecular formula is C19H22N2O3. The normalized spacial score (nSPS) is 15.3. The summed E-state index contributed by atoms with van der Waals surface area (Å²) in [7, 11) is 0. The number of anilines is 1. The van der Waals surface area contributed by atoms with Crippen molar-refractivity contribution in [3.05, 3.63) is 53.5 Å². The summed E-state index contributed by atoms with van der Waals surface area (Å²) < 4.78 is 4.96. The SMILES string of the molecule is Cc1ccc(NC(=O)C2CCN(C(=O)c3ccoc3)CC2)cc1C. The largest absolute Gasteiger partial charge is 0.472 e. The smallest absolute Gasteiger partial charge is 0.257 e. The molecule has 5 heteroatoms. The van der Waals surface area contributed by atoms with Crippen LogP contribution in [0.25, 0.3) is 0 Å². The number of nitrogens with one attached hydrogen (secondary N) is 1. The number of carbonyl (C=O) groups is 2. The second kappa shape index (κ2) is 6.91. The molecule has 2 aromatic rings. The van der Waals surface area contributed by atoms with Crippen LogP contribution in [0.3, 0.4) is 0 Å². The number of hydrogen-bond donors (Lipinski definition) is 1. The lowest BCUT2D eigenvalue weighted by atomic mass is 9.95. The van der Waals surface area contributed by atoms with Gasteiger partial charge in [0.15, 0.2) is 0 Å². The predicted octanol–water partition coefficient (Wildman–Crippen LogP) is 3.39. The van der Waals surface area contributed by atoms with Gasteiger partial charge in [0.1, 0.15) is 6.26 Å². The van der Waals surface area contributed by atoms with E-state index < -0.39 is 0 Å². The molecule has 0 unspecified atom stereocenters. The molecule has 126 valence electrons. The van der Waals surface area contributed by atoms with E-state index in [0.717, 1.165) is 11.3 Å². The first-order chi connectivity index (χ1) is 11.5. The number of benzene rings is 1. The summed E-state index contributed by atoms with van der Waals surface area (Å²) in [6.45, 7) is 5.27. The fourth-order valence-corrected chi connectivity index (χ4v) is 2.98. The summed E-state index contributed by atoms with van der Waals surface area (Å²) >= 11 is 0. The lowest BCUT2D eigenvalue weighted by molar-refractivity contribution is -0.121. The van der Waals surface area contributed by atoms with Crippen molar-refractivity contribution in [1.82, 2.24) is 4.90 Å². The molecule has 0 spiro atoms. The van der Waals surface area contributed by atoms with Gasteiger partial charge < -0.3 is 14.6 Å². The van der Waals surface area contributed by atoms with Gasteiger partial charge in [-0.25, -0.2) is 0 Å². The molecule has 1 N–H and O–H groups in total. The van der Waals surface area contributed by atoms with Gasteiger partial charge in [0, 0.05) is 24.7 Å². The molecule has 0 aliphatic carbocycles. The van der Waals surface area contributed by atoms with E-state index in [0.29, 0.717) is 31.5 Å². The van der Waals surface area contributed by atoms with Crippen LogP contribution in [-0.4, -0.2) is 29.8 Å². The highest BCUT2D eigenvalue weighted by Gasteiger charge is 2.28. The second-order valence-corrected chi connectivity index (χ2v) is 6.37. The molecule has 5 nitrogen and oxygen atoms in total. The monoisotopic (exact) mass is 326 g/mol. The van der Waals surface area contributed by atoms with Crippen LogP contribution in [0.5, 0.6) is 0 Å². The highest BCUT2D eigenvalue weighted by Crippen LogP contribution is 2.22. The number of piperidine rings is 1. The molecule has 2 heterocycles. The van der Waals surface area contributed by atoms with Crippen LogP contribution in [0, 0.1) is 19.8 Å². The Morgan fingerprint density at radius 2 is 1.88 bits per heavy atom. The standard InChI is InChI=1S/C19H22N2O3/c1-13-3-4-17(11-14(13)2)20-18(22)15-5-8-21(9-6-15)19(23)16-7-10-24-12-16/h3-4,7,10-12,15H,5-6,8-9H2,1-2H3,(H,20,22). The molecule has 3 rings (SSSR count). The van der Waals surface area contributed by atoms with Gasteiger partial charge in [0.25, 0.3) is 5.91 Å². The zero-order chi connectivity index (χ0) is 17.1. The Morgan fingerprint density at radius 3 is 2.50 bits per heavy atom. The first kappa shape index (κ1) is 16.3. The van der Waals surface area contributed by atoms with E-state index in [-0.39, 0.29) is 17.7 Å². The minimum atomic E-state index is -0.0555. The molecule has 1 aliphatic rings. The van der Waals surface area contributed by atoms with Crippen LogP contribution in [0.1, 0.15) is 34.3 Å². The van der Waals surface area contributed by atoms with Crippen molar-refractivity contribution in [2.24, 2.45) is 5.92 Å². The third-order valence-corrected chi connectivity index (χ3v) is 4.70. The van der Waals surface area contributed by atoms with Gasteiger partial charge in [-0.05, 0) is 56.0 Å². The van der Waals surface area contributed by atoms with Gasteiger partial charge in [-0.2, -0.15) is 0 Å². The summed E-state index contributed by atoms with van der Waals surface area (Å²) in [6.07, 6.45) is 4.32. The van der Waals surface area contributed by atoms with Gasteiger partial charge >= 0.3 is 0 Å². The number of rotatable bonds is 3. The average Bonchev–Trinajstić information content (AvgIpc) is 3.12. The maximum Gasteiger partial charge on any atom is 0.257 e. The van der Waals surface area contributed by atoms with Gasteiger partial charge in [0.05, 0.1) is 11.8 Å². The lowest BCUT2D eigenvalue weighted by Gasteiger charge is -2.31. The number of furan rings is 1. The number of nitrogens with zero attached hydrogens (tertiary/aromatic N) is 1. The summed E-state index contributed by atoms with van der Waals surface area (Å²) in [6, 6.07) is 7.60. The lowest BCUT2D eigenvalue weighted by Crippen LogP contribution is -2.41. The number of amides is 2. The number of carbonyl (C=O) groups excluding carboxylic acids is 2. The van der Waals surface area contributed by atoms with Crippen LogP contribution in [0.4, 0.5) is 5.69 Å². The maximum atomic E-state index is 12.4. The fourth-order valence-electron chi connectivity index (χ4n) is 2.98. The first-order valence-corrected chi connectivity index (χ1v) is 8.24. The summed E-state index contributed by atoms with van der Waals surface area (Å²) in [4.78, 5) is 26.5. The molecule has 1 aromatic heterocycles. The second-order valence-electron chi connectivity index (χ2n) is 6.37. The molecule has 0 saturated carbocycles. The van der Waals surface area contributed by atoms with Crippen LogP contribution in [-0.2, 0) is 4.79 Å². The Labute approximate surface area is 141 Å². The van der Waals surface area contributed by atoms with Crippen molar-refractivity contribution in [2.75, 3.05) is 18.4 Å². The summed E-state index contributed by atoms with van der Waals surface area (Å²) in [5, 5.41) is 2.99. The molecule has 2 amide bonds. The molecule has 0 radical (unpaired) electrons. The van der Waals surface area contributed by atoms with Crippen LogP contribution < -0.4 is 5.32 Å². The van der Waals surface area contributed by atoms with E-state index in [4.69, 9.17) is 4.42 Å². The van der Waals surface area contributed by atoms with Crippen molar-refractivity contribution < 1.29 is 14.0 Å². The van der Waals surface area contributed by atoms with E-state index in [1.807, 2.05) is 32.0 Å². The highest BCUT2D eigenvalue weighted by atomic mass is 16.3. The Balaban J connectivity index is 1.55. The van der Waals surface area contributed by atoms with Crippen molar-refractivity contribution in [1.29, 1.82) is 0 Å². The van der Waals surface area contributed by atoms with Crippen molar-refractivity contribution in [3.63, 3.8) is 0 Å². The summed E-state index contributed by atoms with van der Waals surface area (Å²) in [5.41, 5.74) is 3.76. The van der Waals surface area contributed by atoms with E-state index in [1.54, 1.807) is 11.0 Å².